The van der Waals surface area contributed by atoms with Gasteiger partial charge in [-0.3, -0.25) is 4.79 Å². The van der Waals surface area contributed by atoms with Gasteiger partial charge in [-0.2, -0.15) is 0 Å². The Hall–Kier alpha value is -0.970. The Morgan fingerprint density at radius 2 is 1.58 bits per heavy atom. The lowest BCUT2D eigenvalue weighted by atomic mass is 9.70. The molecule has 0 amide bonds. The number of nitrogens with zero attached hydrogens (tertiary/aromatic N) is 2. The van der Waals surface area contributed by atoms with Crippen molar-refractivity contribution < 1.29 is 54.0 Å². The van der Waals surface area contributed by atoms with Crippen molar-refractivity contribution in [3.8, 4) is 0 Å². The Morgan fingerprint density at radius 3 is 2.13 bits per heavy atom. The molecule has 0 aliphatic carbocycles. The smallest absolute Gasteiger partial charge is 0.309 e. The molecule has 18 atom stereocenters. The van der Waals surface area contributed by atoms with Crippen LogP contribution in [0, 0.1) is 23.7 Å². The van der Waals surface area contributed by atoms with E-state index in [1.54, 1.807) is 34.8 Å². The van der Waals surface area contributed by atoms with Crippen molar-refractivity contribution in [2.24, 2.45) is 23.7 Å². The summed E-state index contributed by atoms with van der Waals surface area (Å²) in [5.41, 5.74) is -4.13. The second-order valence-electron chi connectivity index (χ2n) is 17.7. The van der Waals surface area contributed by atoms with Crippen LogP contribution >= 0.6 is 0 Å². The highest BCUT2D eigenvalue weighted by atomic mass is 16.7. The number of aliphatic hydroxyl groups is 5. The summed E-state index contributed by atoms with van der Waals surface area (Å²) in [4.78, 5) is 18.2. The number of ether oxygens (including phenoxy) is 5. The van der Waals surface area contributed by atoms with Gasteiger partial charge in [-0.25, -0.2) is 0 Å². The average molecular weight is 747 g/mol. The van der Waals surface area contributed by atoms with Crippen LogP contribution in [-0.2, 0) is 28.5 Å². The molecule has 0 aromatic carbocycles. The van der Waals surface area contributed by atoms with E-state index in [2.05, 4.69) is 0 Å². The SMILES string of the molecule is CC[C@H]1OC(=O)[C@H](C)[C@@H](C[C@H]2C[C@@](C)(OC)[C@@H](O)[C@H](C)O2)[C@H](C)[C@@H](O[C@@H]2O[C@H](C)CC(N(C)C)[C@H]2O)C(C)(O)C[C@@H](C)CN(C)[C@H](C)[C@@H](O)[C@]1(C)O. The lowest BCUT2D eigenvalue weighted by Crippen LogP contribution is -2.59. The number of carbonyl (C=O) groups excluding carboxylic acids is 1. The zero-order valence-electron chi connectivity index (χ0n) is 34.5. The molecule has 3 aliphatic heterocycles. The van der Waals surface area contributed by atoms with E-state index in [0.29, 0.717) is 25.8 Å². The Labute approximate surface area is 313 Å². The molecule has 0 aromatic rings. The van der Waals surface area contributed by atoms with Gasteiger partial charge in [-0.15, -0.1) is 0 Å². The first-order chi connectivity index (χ1) is 23.9. The highest BCUT2D eigenvalue weighted by Gasteiger charge is 2.52. The maximum Gasteiger partial charge on any atom is 0.309 e. The Bertz CT molecular complexity index is 1140. The second-order valence-corrected chi connectivity index (χ2v) is 17.7. The molecule has 3 saturated heterocycles. The van der Waals surface area contributed by atoms with E-state index in [1.165, 1.54) is 6.92 Å². The quantitative estimate of drug-likeness (QED) is 0.241. The maximum absolute atomic E-state index is 14.3. The molecule has 0 bridgehead atoms. The molecule has 0 spiro atoms. The summed E-state index contributed by atoms with van der Waals surface area (Å²) in [6.45, 7) is 18.7. The van der Waals surface area contributed by atoms with Gasteiger partial charge in [0.2, 0.25) is 0 Å². The minimum Gasteiger partial charge on any atom is -0.459 e. The number of carbonyl (C=O) groups is 1. The molecule has 13 heteroatoms. The molecule has 0 radical (unpaired) electrons. The topological polar surface area (TPSA) is 171 Å². The fraction of sp³-hybridized carbons (Fsp3) is 0.974. The number of methoxy groups -OCH3 is 1. The zero-order valence-corrected chi connectivity index (χ0v) is 34.5. The summed E-state index contributed by atoms with van der Waals surface area (Å²) in [6.07, 6.45) is -5.45. The van der Waals surface area contributed by atoms with Gasteiger partial charge in [0.05, 0.1) is 41.5 Å². The van der Waals surface area contributed by atoms with Gasteiger partial charge >= 0.3 is 5.97 Å². The van der Waals surface area contributed by atoms with Gasteiger partial charge in [0.25, 0.3) is 0 Å². The van der Waals surface area contributed by atoms with Gasteiger partial charge in [0.1, 0.15) is 30.0 Å². The third kappa shape index (κ3) is 10.1. The summed E-state index contributed by atoms with van der Waals surface area (Å²) >= 11 is 0. The van der Waals surface area contributed by atoms with Gasteiger partial charge in [0, 0.05) is 32.2 Å². The number of hydrogen-bond acceptors (Lipinski definition) is 13. The number of hydrogen-bond donors (Lipinski definition) is 5. The van der Waals surface area contributed by atoms with E-state index in [-0.39, 0.29) is 30.9 Å². The fourth-order valence-corrected chi connectivity index (χ4v) is 9.38. The molecular weight excluding hydrogens is 672 g/mol. The number of aliphatic hydroxyl groups excluding tert-OH is 3. The van der Waals surface area contributed by atoms with Gasteiger partial charge in [-0.05, 0) is 106 Å². The van der Waals surface area contributed by atoms with Crippen molar-refractivity contribution in [3.63, 3.8) is 0 Å². The van der Waals surface area contributed by atoms with E-state index < -0.39 is 95.6 Å². The maximum atomic E-state index is 14.3. The van der Waals surface area contributed by atoms with E-state index in [0.717, 1.165) is 0 Å². The third-order valence-electron chi connectivity index (χ3n) is 12.8. The third-order valence-corrected chi connectivity index (χ3v) is 12.8. The largest absolute Gasteiger partial charge is 0.459 e. The van der Waals surface area contributed by atoms with E-state index >= 15 is 0 Å². The van der Waals surface area contributed by atoms with Crippen molar-refractivity contribution in [2.75, 3.05) is 34.8 Å². The number of esters is 1. The predicted octanol–water partition coefficient (Wildman–Crippen LogP) is 2.56. The Balaban J connectivity index is 2.17. The van der Waals surface area contributed by atoms with Crippen molar-refractivity contribution in [2.45, 2.75) is 185 Å². The summed E-state index contributed by atoms with van der Waals surface area (Å²) in [6, 6.07) is -0.752. The van der Waals surface area contributed by atoms with Crippen LogP contribution in [0.4, 0.5) is 0 Å². The van der Waals surface area contributed by atoms with Crippen LogP contribution in [0.2, 0.25) is 0 Å². The first kappa shape index (κ1) is 45.4. The minimum absolute atomic E-state index is 0.101. The van der Waals surface area contributed by atoms with Gasteiger partial charge < -0.3 is 59.0 Å². The van der Waals surface area contributed by atoms with Crippen LogP contribution in [0.25, 0.3) is 0 Å². The average Bonchev–Trinajstić information content (AvgIpc) is 3.05. The van der Waals surface area contributed by atoms with Crippen LogP contribution in [0.1, 0.15) is 101 Å². The first-order valence-electron chi connectivity index (χ1n) is 19.5. The minimum atomic E-state index is -1.76. The summed E-state index contributed by atoms with van der Waals surface area (Å²) in [5, 5.41) is 58.3. The van der Waals surface area contributed by atoms with Gasteiger partial charge in [0.15, 0.2) is 6.29 Å². The van der Waals surface area contributed by atoms with Crippen LogP contribution in [0.15, 0.2) is 0 Å². The first-order valence-corrected chi connectivity index (χ1v) is 19.5. The number of likely N-dealkylation sites (N-methyl/N-ethyl adjacent to an activating group) is 2. The lowest BCUT2D eigenvalue weighted by molar-refractivity contribution is -0.298. The van der Waals surface area contributed by atoms with Crippen molar-refractivity contribution >= 4 is 5.97 Å². The highest BCUT2D eigenvalue weighted by Crippen LogP contribution is 2.43. The number of cyclic esters (lactones) is 1. The normalized spacial score (nSPS) is 49.6. The fourth-order valence-electron chi connectivity index (χ4n) is 9.38. The molecule has 0 aromatic heterocycles. The molecule has 52 heavy (non-hydrogen) atoms. The van der Waals surface area contributed by atoms with E-state index in [9.17, 15) is 30.3 Å². The molecule has 3 fully saturated rings. The van der Waals surface area contributed by atoms with Crippen LogP contribution in [-0.4, -0.2) is 160 Å². The van der Waals surface area contributed by atoms with E-state index in [4.69, 9.17) is 23.7 Å². The molecule has 3 heterocycles. The zero-order chi connectivity index (χ0) is 39.7. The van der Waals surface area contributed by atoms with E-state index in [1.807, 2.05) is 65.6 Å². The predicted molar refractivity (Wildman–Crippen MR) is 197 cm³/mol. The van der Waals surface area contributed by atoms with Crippen molar-refractivity contribution in [1.82, 2.24) is 9.80 Å². The summed E-state index contributed by atoms with van der Waals surface area (Å²) in [7, 11) is 7.23. The Kier molecular flexibility index (Phi) is 15.6. The van der Waals surface area contributed by atoms with Crippen LogP contribution in [0.3, 0.4) is 0 Å². The Morgan fingerprint density at radius 1 is 0.962 bits per heavy atom. The van der Waals surface area contributed by atoms with Gasteiger partial charge in [-0.1, -0.05) is 27.7 Å². The number of rotatable bonds is 7. The molecule has 3 rings (SSSR count). The molecule has 306 valence electrons. The standard InChI is InChI=1S/C39H74N2O11/c1-15-30-39(10,47)32(43)25(6)41(13)20-21(2)18-37(8,46)34(52-36-31(42)29(40(11)12)16-22(3)49-36)23(4)28(24(5)35(45)51-30)17-27-19-38(9,48-14)33(44)26(7)50-27/h21-34,36,42-44,46-47H,15-20H2,1-14H3/t21-,22-,23+,24-,25-,26+,27+,28+,29?,30-,31-,32-,33+,34-,36+,37?,38-,39-/m1/s1. The van der Waals surface area contributed by atoms with Crippen LogP contribution in [0.5, 0.6) is 0 Å². The molecule has 3 aliphatic rings. The molecular formula is C39H74N2O11. The van der Waals surface area contributed by atoms with Crippen molar-refractivity contribution in [3.05, 3.63) is 0 Å². The lowest BCUT2D eigenvalue weighted by Gasteiger charge is -2.49. The summed E-state index contributed by atoms with van der Waals surface area (Å²) in [5.74, 6) is -2.49. The second kappa shape index (κ2) is 17.9. The highest BCUT2D eigenvalue weighted by molar-refractivity contribution is 5.72. The van der Waals surface area contributed by atoms with Crippen molar-refractivity contribution in [1.29, 1.82) is 0 Å². The molecule has 2 unspecified atom stereocenters. The molecule has 5 N–H and O–H groups in total. The summed E-state index contributed by atoms with van der Waals surface area (Å²) < 4.78 is 31.3. The molecule has 0 saturated carbocycles. The van der Waals surface area contributed by atoms with Crippen LogP contribution < -0.4 is 0 Å². The molecule has 13 nitrogen and oxygen atoms in total. The monoisotopic (exact) mass is 747 g/mol.